The van der Waals surface area contributed by atoms with Gasteiger partial charge >= 0.3 is 0 Å². The monoisotopic (exact) mass is 278 g/mol. The Labute approximate surface area is 120 Å². The number of rotatable bonds is 4. The van der Waals surface area contributed by atoms with Gasteiger partial charge in [-0.25, -0.2) is 4.98 Å². The van der Waals surface area contributed by atoms with Gasteiger partial charge in [0.2, 0.25) is 0 Å². The number of aromatic amines is 1. The predicted molar refractivity (Wildman–Crippen MR) is 82.0 cm³/mol. The molecule has 112 valence electrons. The molecule has 0 aliphatic heterocycles. The van der Waals surface area contributed by atoms with E-state index in [4.69, 9.17) is 5.73 Å². The lowest BCUT2D eigenvalue weighted by atomic mass is 9.77. The first-order valence-electron chi connectivity index (χ1n) is 7.53. The first-order chi connectivity index (χ1) is 9.44. The fourth-order valence-corrected chi connectivity index (χ4v) is 2.78. The van der Waals surface area contributed by atoms with Gasteiger partial charge in [0.05, 0.1) is 5.54 Å². The molecular weight excluding hydrogens is 252 g/mol. The Morgan fingerprint density at radius 1 is 1.50 bits per heavy atom. The van der Waals surface area contributed by atoms with Gasteiger partial charge in [-0.05, 0) is 31.6 Å². The minimum atomic E-state index is -0.110. The Kier molecular flexibility index (Phi) is 4.48. The van der Waals surface area contributed by atoms with E-state index in [1.54, 1.807) is 0 Å². The highest BCUT2D eigenvalue weighted by Gasteiger charge is 2.33. The Hall–Kier alpha value is -1.36. The van der Waals surface area contributed by atoms with Gasteiger partial charge in [-0.3, -0.25) is 4.79 Å². The summed E-state index contributed by atoms with van der Waals surface area (Å²) in [5, 5.41) is 3.44. The van der Waals surface area contributed by atoms with E-state index in [9.17, 15) is 4.79 Å². The first kappa shape index (κ1) is 15.0. The second kappa shape index (κ2) is 5.95. The molecule has 2 rings (SSSR count). The SMILES string of the molecule is CC1CCC(CN)(Nc2cc(=O)[nH]c(C(C)C)n2)CC1. The molecule has 1 aromatic heterocycles. The summed E-state index contributed by atoms with van der Waals surface area (Å²) < 4.78 is 0. The summed E-state index contributed by atoms with van der Waals surface area (Å²) in [5.74, 6) is 2.33. The van der Waals surface area contributed by atoms with Gasteiger partial charge in [-0.15, -0.1) is 0 Å². The van der Waals surface area contributed by atoms with Crippen molar-refractivity contribution in [3.63, 3.8) is 0 Å². The second-order valence-corrected chi connectivity index (χ2v) is 6.46. The number of hydrogen-bond donors (Lipinski definition) is 3. The molecule has 1 fully saturated rings. The van der Waals surface area contributed by atoms with Crippen molar-refractivity contribution >= 4 is 5.82 Å². The zero-order valence-electron chi connectivity index (χ0n) is 12.7. The lowest BCUT2D eigenvalue weighted by molar-refractivity contribution is 0.271. The molecule has 1 aliphatic rings. The molecule has 0 amide bonds. The molecule has 0 aromatic carbocycles. The van der Waals surface area contributed by atoms with Crippen LogP contribution >= 0.6 is 0 Å². The lowest BCUT2D eigenvalue weighted by Gasteiger charge is -2.39. The number of nitrogens with zero attached hydrogens (tertiary/aromatic N) is 1. The number of H-pyrrole nitrogens is 1. The van der Waals surface area contributed by atoms with Crippen LogP contribution in [0.5, 0.6) is 0 Å². The first-order valence-corrected chi connectivity index (χ1v) is 7.53. The molecule has 0 saturated heterocycles. The van der Waals surface area contributed by atoms with Crippen molar-refractivity contribution in [2.24, 2.45) is 11.7 Å². The van der Waals surface area contributed by atoms with Crippen LogP contribution in [0.25, 0.3) is 0 Å². The predicted octanol–water partition coefficient (Wildman–Crippen LogP) is 2.21. The smallest absolute Gasteiger partial charge is 0.252 e. The van der Waals surface area contributed by atoms with Crippen LogP contribution in [0, 0.1) is 5.92 Å². The van der Waals surface area contributed by atoms with Crippen LogP contribution in [0.1, 0.15) is 58.2 Å². The quantitative estimate of drug-likeness (QED) is 0.788. The second-order valence-electron chi connectivity index (χ2n) is 6.46. The fourth-order valence-electron chi connectivity index (χ4n) is 2.78. The van der Waals surface area contributed by atoms with Crippen LogP contribution < -0.4 is 16.6 Å². The third-order valence-electron chi connectivity index (χ3n) is 4.32. The van der Waals surface area contributed by atoms with E-state index < -0.39 is 0 Å². The van der Waals surface area contributed by atoms with Crippen LogP contribution in [0.2, 0.25) is 0 Å². The number of anilines is 1. The molecule has 0 radical (unpaired) electrons. The van der Waals surface area contributed by atoms with Gasteiger partial charge in [0.1, 0.15) is 11.6 Å². The minimum Gasteiger partial charge on any atom is -0.363 e. The largest absolute Gasteiger partial charge is 0.363 e. The van der Waals surface area contributed by atoms with E-state index in [0.29, 0.717) is 12.4 Å². The highest BCUT2D eigenvalue weighted by molar-refractivity contribution is 5.37. The maximum atomic E-state index is 11.7. The summed E-state index contributed by atoms with van der Waals surface area (Å²) in [4.78, 5) is 19.0. The summed E-state index contributed by atoms with van der Waals surface area (Å²) in [6, 6.07) is 1.53. The van der Waals surface area contributed by atoms with Crippen LogP contribution in [-0.4, -0.2) is 22.1 Å². The zero-order chi connectivity index (χ0) is 14.8. The van der Waals surface area contributed by atoms with E-state index in [1.807, 2.05) is 13.8 Å². The van der Waals surface area contributed by atoms with Gasteiger partial charge in [0.25, 0.3) is 5.56 Å². The molecule has 0 unspecified atom stereocenters. The third kappa shape index (κ3) is 3.39. The standard InChI is InChI=1S/C15H26N4O/c1-10(2)14-17-12(8-13(20)18-14)19-15(9-16)6-4-11(3)5-7-15/h8,10-11H,4-7,9,16H2,1-3H3,(H2,17,18,19,20). The minimum absolute atomic E-state index is 0.109. The molecule has 5 nitrogen and oxygen atoms in total. The average Bonchev–Trinajstić information content (AvgIpc) is 2.41. The van der Waals surface area contributed by atoms with Gasteiger partial charge in [-0.2, -0.15) is 0 Å². The van der Waals surface area contributed by atoms with Crippen LogP contribution in [0.15, 0.2) is 10.9 Å². The number of aromatic nitrogens is 2. The van der Waals surface area contributed by atoms with E-state index in [0.717, 1.165) is 24.6 Å². The molecule has 1 aromatic rings. The van der Waals surface area contributed by atoms with Crippen molar-refractivity contribution in [3.8, 4) is 0 Å². The summed E-state index contributed by atoms with van der Waals surface area (Å²) in [5.41, 5.74) is 5.77. The summed E-state index contributed by atoms with van der Waals surface area (Å²) in [7, 11) is 0. The molecule has 1 aliphatic carbocycles. The third-order valence-corrected chi connectivity index (χ3v) is 4.32. The van der Waals surface area contributed by atoms with Crippen LogP contribution in [-0.2, 0) is 0 Å². The Balaban J connectivity index is 2.21. The molecule has 4 N–H and O–H groups in total. The van der Waals surface area contributed by atoms with E-state index in [-0.39, 0.29) is 17.0 Å². The van der Waals surface area contributed by atoms with Gasteiger partial charge in [0, 0.05) is 18.5 Å². The van der Waals surface area contributed by atoms with Crippen molar-refractivity contribution < 1.29 is 0 Å². The normalized spacial score (nSPS) is 26.8. The number of nitrogens with two attached hydrogens (primary N) is 1. The topological polar surface area (TPSA) is 83.8 Å². The maximum Gasteiger partial charge on any atom is 0.252 e. The molecule has 20 heavy (non-hydrogen) atoms. The van der Waals surface area contributed by atoms with E-state index >= 15 is 0 Å². The van der Waals surface area contributed by atoms with Gasteiger partial charge in [0.15, 0.2) is 0 Å². The highest BCUT2D eigenvalue weighted by atomic mass is 16.1. The number of nitrogens with one attached hydrogen (secondary N) is 2. The maximum absolute atomic E-state index is 11.7. The molecule has 5 heteroatoms. The van der Waals surface area contributed by atoms with Gasteiger partial charge < -0.3 is 16.0 Å². The molecule has 0 atom stereocenters. The van der Waals surface area contributed by atoms with E-state index in [2.05, 4.69) is 22.2 Å². The Bertz CT molecular complexity index is 501. The summed E-state index contributed by atoms with van der Waals surface area (Å²) in [6.07, 6.45) is 4.42. The molecule has 0 spiro atoms. The van der Waals surface area contributed by atoms with Crippen molar-refractivity contribution in [1.82, 2.24) is 9.97 Å². The molecule has 1 saturated carbocycles. The number of hydrogen-bond acceptors (Lipinski definition) is 4. The molecule has 0 bridgehead atoms. The Morgan fingerprint density at radius 3 is 2.70 bits per heavy atom. The highest BCUT2D eigenvalue weighted by Crippen LogP contribution is 2.33. The summed E-state index contributed by atoms with van der Waals surface area (Å²) >= 11 is 0. The van der Waals surface area contributed by atoms with Crippen LogP contribution in [0.3, 0.4) is 0 Å². The molecule has 1 heterocycles. The molecular formula is C15H26N4O. The Morgan fingerprint density at radius 2 is 2.15 bits per heavy atom. The van der Waals surface area contributed by atoms with Crippen molar-refractivity contribution in [3.05, 3.63) is 22.2 Å². The summed E-state index contributed by atoms with van der Waals surface area (Å²) in [6.45, 7) is 6.89. The van der Waals surface area contributed by atoms with E-state index in [1.165, 1.54) is 18.9 Å². The van der Waals surface area contributed by atoms with Crippen molar-refractivity contribution in [2.75, 3.05) is 11.9 Å². The van der Waals surface area contributed by atoms with Crippen molar-refractivity contribution in [2.45, 2.75) is 57.9 Å². The average molecular weight is 278 g/mol. The fraction of sp³-hybridized carbons (Fsp3) is 0.733. The zero-order valence-corrected chi connectivity index (χ0v) is 12.7. The van der Waals surface area contributed by atoms with Crippen LogP contribution in [0.4, 0.5) is 5.82 Å². The lowest BCUT2D eigenvalue weighted by Crippen LogP contribution is -2.48. The van der Waals surface area contributed by atoms with Gasteiger partial charge in [-0.1, -0.05) is 20.8 Å². The van der Waals surface area contributed by atoms with Crippen molar-refractivity contribution in [1.29, 1.82) is 0 Å².